The third kappa shape index (κ3) is 5.15. The zero-order valence-corrected chi connectivity index (χ0v) is 20.1. The van der Waals surface area contributed by atoms with Crippen molar-refractivity contribution in [1.82, 2.24) is 10.4 Å². The molecule has 0 atom stereocenters. The summed E-state index contributed by atoms with van der Waals surface area (Å²) in [4.78, 5) is 18.1. The first-order valence-electron chi connectivity index (χ1n) is 11.6. The highest BCUT2D eigenvalue weighted by Crippen LogP contribution is 2.27. The van der Waals surface area contributed by atoms with Crippen molar-refractivity contribution in [2.75, 3.05) is 6.61 Å². The number of aryl methyl sites for hydroxylation is 2. The van der Waals surface area contributed by atoms with E-state index in [9.17, 15) is 4.79 Å². The lowest BCUT2D eigenvalue weighted by Crippen LogP contribution is -2.20. The van der Waals surface area contributed by atoms with Gasteiger partial charge in [0, 0.05) is 10.9 Å². The topological polar surface area (TPSA) is 63.6 Å². The van der Waals surface area contributed by atoms with E-state index in [0.717, 1.165) is 51.2 Å². The molecule has 0 saturated heterocycles. The van der Waals surface area contributed by atoms with Crippen LogP contribution in [0.2, 0.25) is 0 Å². The Morgan fingerprint density at radius 1 is 0.971 bits per heavy atom. The Morgan fingerprint density at radius 2 is 1.71 bits per heavy atom. The summed E-state index contributed by atoms with van der Waals surface area (Å²) in [5.41, 5.74) is 9.73. The maximum absolute atomic E-state index is 13.3. The lowest BCUT2D eigenvalue weighted by molar-refractivity contribution is 0.0956. The van der Waals surface area contributed by atoms with Gasteiger partial charge in [0.25, 0.3) is 5.91 Å². The number of hydrogen-bond acceptors (Lipinski definition) is 4. The highest BCUT2D eigenvalue weighted by molar-refractivity contribution is 6.08. The number of fused-ring (bicyclic) bond motifs is 1. The minimum atomic E-state index is -0.269. The molecule has 0 bridgehead atoms. The average Bonchev–Trinajstić information content (AvgIpc) is 2.87. The predicted molar refractivity (Wildman–Crippen MR) is 139 cm³/mol. The van der Waals surface area contributed by atoms with Crippen molar-refractivity contribution in [3.63, 3.8) is 0 Å². The maximum atomic E-state index is 13.3. The smallest absolute Gasteiger partial charge is 0.272 e. The molecule has 4 rings (SSSR count). The summed E-state index contributed by atoms with van der Waals surface area (Å²) in [5.74, 6) is 0.534. The van der Waals surface area contributed by atoms with Crippen LogP contribution in [0, 0.1) is 6.92 Å². The fourth-order valence-electron chi connectivity index (χ4n) is 3.81. The number of hydrazone groups is 1. The molecule has 0 aliphatic rings. The number of nitrogens with zero attached hydrogens (tertiary/aromatic N) is 2. The van der Waals surface area contributed by atoms with Gasteiger partial charge in [-0.2, -0.15) is 5.10 Å². The van der Waals surface area contributed by atoms with Gasteiger partial charge >= 0.3 is 0 Å². The van der Waals surface area contributed by atoms with Crippen molar-refractivity contribution in [3.05, 3.63) is 95.1 Å². The standard InChI is InChI=1S/C29H29N3O2/c1-5-21-8-10-22(11-9-21)20(4)31-32-29(33)26-18-28(23-12-14-24(15-13-23)34-6-2)30-27-16-7-19(3)17-25(26)27/h7-18H,5-6H2,1-4H3,(H,32,33)/b31-20-. The number of benzene rings is 3. The Hall–Kier alpha value is -3.99. The zero-order valence-electron chi connectivity index (χ0n) is 20.1. The van der Waals surface area contributed by atoms with Crippen LogP contribution in [0.5, 0.6) is 5.75 Å². The summed E-state index contributed by atoms with van der Waals surface area (Å²) >= 11 is 0. The molecule has 5 nitrogen and oxygen atoms in total. The Labute approximate surface area is 200 Å². The van der Waals surface area contributed by atoms with Crippen LogP contribution in [0.4, 0.5) is 0 Å². The number of carbonyl (C=O) groups is 1. The summed E-state index contributed by atoms with van der Waals surface area (Å²) in [6.45, 7) is 8.58. The van der Waals surface area contributed by atoms with Crippen molar-refractivity contribution in [3.8, 4) is 17.0 Å². The van der Waals surface area contributed by atoms with Crippen LogP contribution >= 0.6 is 0 Å². The first kappa shape index (κ1) is 23.2. The van der Waals surface area contributed by atoms with E-state index in [4.69, 9.17) is 9.72 Å². The fourth-order valence-corrected chi connectivity index (χ4v) is 3.81. The van der Waals surface area contributed by atoms with E-state index in [1.165, 1.54) is 5.56 Å². The van der Waals surface area contributed by atoms with E-state index < -0.39 is 0 Å². The van der Waals surface area contributed by atoms with Gasteiger partial charge in [0.15, 0.2) is 0 Å². The lowest BCUT2D eigenvalue weighted by Gasteiger charge is -2.11. The minimum Gasteiger partial charge on any atom is -0.494 e. The molecule has 34 heavy (non-hydrogen) atoms. The molecule has 4 aromatic rings. The lowest BCUT2D eigenvalue weighted by atomic mass is 10.0. The quantitative estimate of drug-likeness (QED) is 0.264. The van der Waals surface area contributed by atoms with E-state index in [0.29, 0.717) is 12.2 Å². The van der Waals surface area contributed by atoms with Crippen LogP contribution in [0.25, 0.3) is 22.2 Å². The van der Waals surface area contributed by atoms with Crippen LogP contribution in [0.1, 0.15) is 47.8 Å². The first-order valence-corrected chi connectivity index (χ1v) is 11.6. The normalized spacial score (nSPS) is 11.5. The number of nitrogens with one attached hydrogen (secondary N) is 1. The second-order valence-electron chi connectivity index (χ2n) is 8.22. The third-order valence-corrected chi connectivity index (χ3v) is 5.78. The zero-order chi connectivity index (χ0) is 24.1. The largest absolute Gasteiger partial charge is 0.494 e. The van der Waals surface area contributed by atoms with Gasteiger partial charge in [-0.3, -0.25) is 4.79 Å². The second-order valence-corrected chi connectivity index (χ2v) is 8.22. The molecule has 0 fully saturated rings. The molecular formula is C29H29N3O2. The number of pyridine rings is 1. The molecule has 1 aromatic heterocycles. The molecule has 0 aliphatic carbocycles. The molecular weight excluding hydrogens is 422 g/mol. The van der Waals surface area contributed by atoms with Gasteiger partial charge in [0.05, 0.1) is 29.1 Å². The third-order valence-electron chi connectivity index (χ3n) is 5.78. The molecule has 0 unspecified atom stereocenters. The summed E-state index contributed by atoms with van der Waals surface area (Å²) in [5, 5.41) is 5.17. The van der Waals surface area contributed by atoms with Gasteiger partial charge in [-0.05, 0) is 80.8 Å². The summed E-state index contributed by atoms with van der Waals surface area (Å²) < 4.78 is 5.55. The van der Waals surface area contributed by atoms with Gasteiger partial charge < -0.3 is 4.74 Å². The summed E-state index contributed by atoms with van der Waals surface area (Å²) in [6, 6.07) is 23.7. The Balaban J connectivity index is 1.68. The molecule has 172 valence electrons. The monoisotopic (exact) mass is 451 g/mol. The van der Waals surface area contributed by atoms with E-state index in [1.54, 1.807) is 0 Å². The van der Waals surface area contributed by atoms with Crippen molar-refractivity contribution in [1.29, 1.82) is 0 Å². The Kier molecular flexibility index (Phi) is 7.02. The molecule has 5 heteroatoms. The summed E-state index contributed by atoms with van der Waals surface area (Å²) in [6.07, 6.45) is 0.985. The van der Waals surface area contributed by atoms with Crippen LogP contribution in [0.3, 0.4) is 0 Å². The Morgan fingerprint density at radius 3 is 2.38 bits per heavy atom. The number of aromatic nitrogens is 1. The fraction of sp³-hybridized carbons (Fsp3) is 0.207. The van der Waals surface area contributed by atoms with Gasteiger partial charge in [-0.25, -0.2) is 10.4 Å². The van der Waals surface area contributed by atoms with Gasteiger partial charge in [-0.15, -0.1) is 0 Å². The molecule has 0 radical (unpaired) electrons. The van der Waals surface area contributed by atoms with E-state index >= 15 is 0 Å². The van der Waals surface area contributed by atoms with Gasteiger partial charge in [0.2, 0.25) is 0 Å². The van der Waals surface area contributed by atoms with Crippen LogP contribution < -0.4 is 10.2 Å². The highest BCUT2D eigenvalue weighted by Gasteiger charge is 2.15. The van der Waals surface area contributed by atoms with Crippen molar-refractivity contribution < 1.29 is 9.53 Å². The average molecular weight is 452 g/mol. The number of ether oxygens (including phenoxy) is 1. The molecule has 0 spiro atoms. The molecule has 3 aromatic carbocycles. The van der Waals surface area contributed by atoms with Crippen molar-refractivity contribution in [2.24, 2.45) is 5.10 Å². The maximum Gasteiger partial charge on any atom is 0.272 e. The number of carbonyl (C=O) groups excluding carboxylic acids is 1. The minimum absolute atomic E-state index is 0.269. The SMILES string of the molecule is CCOc1ccc(-c2cc(C(=O)N/N=C(/C)c3ccc(CC)cc3)c3cc(C)ccc3n2)cc1. The number of rotatable bonds is 7. The van der Waals surface area contributed by atoms with Crippen LogP contribution in [-0.4, -0.2) is 23.2 Å². The van der Waals surface area contributed by atoms with Crippen molar-refractivity contribution >= 4 is 22.5 Å². The number of hydrogen-bond donors (Lipinski definition) is 1. The first-order chi connectivity index (χ1) is 16.5. The predicted octanol–water partition coefficient (Wildman–Crippen LogP) is 6.33. The van der Waals surface area contributed by atoms with E-state index in [1.807, 2.05) is 81.4 Å². The van der Waals surface area contributed by atoms with Crippen LogP contribution in [0.15, 0.2) is 77.9 Å². The Bertz CT molecular complexity index is 1340. The molecule has 1 N–H and O–H groups in total. The molecule has 0 saturated carbocycles. The van der Waals surface area contributed by atoms with Crippen LogP contribution in [-0.2, 0) is 6.42 Å². The molecule has 0 aliphatic heterocycles. The van der Waals surface area contributed by atoms with E-state index in [2.05, 4.69) is 29.6 Å². The van der Waals surface area contributed by atoms with Gasteiger partial charge in [-0.1, -0.05) is 42.8 Å². The molecule has 1 heterocycles. The number of amides is 1. The molecule has 1 amide bonds. The highest BCUT2D eigenvalue weighted by atomic mass is 16.5. The summed E-state index contributed by atoms with van der Waals surface area (Å²) in [7, 11) is 0. The van der Waals surface area contributed by atoms with E-state index in [-0.39, 0.29) is 5.91 Å². The van der Waals surface area contributed by atoms with Gasteiger partial charge in [0.1, 0.15) is 5.75 Å². The van der Waals surface area contributed by atoms with Crippen molar-refractivity contribution in [2.45, 2.75) is 34.1 Å². The second kappa shape index (κ2) is 10.3.